The summed E-state index contributed by atoms with van der Waals surface area (Å²) < 4.78 is 0. The Hall–Kier alpha value is -6.70. The first-order chi connectivity index (χ1) is 26.5. The van der Waals surface area contributed by atoms with Crippen molar-refractivity contribution in [1.29, 1.82) is 0 Å². The lowest BCUT2D eigenvalue weighted by molar-refractivity contribution is 0.660. The zero-order chi connectivity index (χ0) is 36.2. The van der Waals surface area contributed by atoms with E-state index in [1.807, 2.05) is 0 Å². The van der Waals surface area contributed by atoms with E-state index in [9.17, 15) is 0 Å². The summed E-state index contributed by atoms with van der Waals surface area (Å²) in [6.45, 7) is 4.75. The molecule has 9 aromatic rings. The fraction of sp³-hybridized carbons (Fsp3) is 0.0566. The molecule has 1 aliphatic rings. The Labute approximate surface area is 317 Å². The third kappa shape index (κ3) is 5.24. The molecule has 0 N–H and O–H groups in total. The normalized spacial score (nSPS) is 12.8. The fourth-order valence-electron chi connectivity index (χ4n) is 8.75. The van der Waals surface area contributed by atoms with Crippen LogP contribution in [-0.2, 0) is 5.41 Å². The molecule has 0 radical (unpaired) electrons. The largest absolute Gasteiger partial charge is 0.310 e. The van der Waals surface area contributed by atoms with Gasteiger partial charge in [-0.15, -0.1) is 0 Å². The second kappa shape index (κ2) is 12.8. The smallest absolute Gasteiger partial charge is 0.0468 e. The summed E-state index contributed by atoms with van der Waals surface area (Å²) in [4.78, 5) is 2.42. The third-order valence-electron chi connectivity index (χ3n) is 11.4. The maximum Gasteiger partial charge on any atom is 0.0468 e. The highest BCUT2D eigenvalue weighted by molar-refractivity contribution is 6.04. The van der Waals surface area contributed by atoms with Crippen LogP contribution in [0.4, 0.5) is 17.1 Å². The van der Waals surface area contributed by atoms with Gasteiger partial charge in [0.05, 0.1) is 0 Å². The molecule has 0 bridgehead atoms. The van der Waals surface area contributed by atoms with Crippen LogP contribution >= 0.6 is 0 Å². The van der Waals surface area contributed by atoms with Crippen molar-refractivity contribution in [2.24, 2.45) is 0 Å². The summed E-state index contributed by atoms with van der Waals surface area (Å²) in [5, 5.41) is 4.97. The first-order valence-corrected chi connectivity index (χ1v) is 18.8. The van der Waals surface area contributed by atoms with Crippen molar-refractivity contribution in [3.05, 3.63) is 211 Å². The third-order valence-corrected chi connectivity index (χ3v) is 11.4. The van der Waals surface area contributed by atoms with E-state index >= 15 is 0 Å². The lowest BCUT2D eigenvalue weighted by Gasteiger charge is -2.28. The van der Waals surface area contributed by atoms with Gasteiger partial charge in [-0.25, -0.2) is 0 Å². The minimum absolute atomic E-state index is 0.158. The molecular weight excluding hydrogens is 651 g/mol. The summed E-state index contributed by atoms with van der Waals surface area (Å²) in [6, 6.07) is 73.3. The van der Waals surface area contributed by atoms with Gasteiger partial charge < -0.3 is 4.90 Å². The van der Waals surface area contributed by atoms with Crippen LogP contribution in [0.5, 0.6) is 0 Å². The minimum atomic E-state index is -0.158. The second-order valence-electron chi connectivity index (χ2n) is 14.9. The van der Waals surface area contributed by atoms with Crippen molar-refractivity contribution in [2.75, 3.05) is 4.90 Å². The van der Waals surface area contributed by atoms with Gasteiger partial charge in [-0.1, -0.05) is 178 Å². The number of anilines is 3. The summed E-state index contributed by atoms with van der Waals surface area (Å²) in [5.74, 6) is 0. The van der Waals surface area contributed by atoms with E-state index in [1.54, 1.807) is 0 Å². The van der Waals surface area contributed by atoms with Crippen LogP contribution in [0.1, 0.15) is 25.0 Å². The lowest BCUT2D eigenvalue weighted by Crippen LogP contribution is -2.16. The number of benzene rings is 9. The highest BCUT2D eigenvalue weighted by Crippen LogP contribution is 2.53. The summed E-state index contributed by atoms with van der Waals surface area (Å²) >= 11 is 0. The molecule has 1 heteroatoms. The van der Waals surface area contributed by atoms with E-state index in [2.05, 4.69) is 219 Å². The fourth-order valence-corrected chi connectivity index (χ4v) is 8.75. The highest BCUT2D eigenvalue weighted by Gasteiger charge is 2.37. The van der Waals surface area contributed by atoms with Crippen molar-refractivity contribution < 1.29 is 0 Å². The van der Waals surface area contributed by atoms with Crippen LogP contribution in [0, 0.1) is 0 Å². The Bertz CT molecular complexity index is 2830. The van der Waals surface area contributed by atoms with Gasteiger partial charge in [-0.05, 0) is 114 Å². The lowest BCUT2D eigenvalue weighted by atomic mass is 9.81. The maximum absolute atomic E-state index is 2.43. The van der Waals surface area contributed by atoms with Crippen molar-refractivity contribution in [1.82, 2.24) is 0 Å². The standard InChI is InChI=1S/C53H39N/c1-53(2)49-23-13-22-46(37-15-5-3-6-16-37)52(49)48-33-31-44(35-50(48)53)54(43-30-24-36-14-9-10-20-41(36)34-43)42-28-25-39(26-29-42)47-32-27-38-17-11-12-21-45(38)51(47)40-18-7-4-8-19-40/h3-35H,1-2H3. The molecule has 9 aromatic carbocycles. The Morgan fingerprint density at radius 2 is 0.889 bits per heavy atom. The van der Waals surface area contributed by atoms with Crippen molar-refractivity contribution in [2.45, 2.75) is 19.3 Å². The van der Waals surface area contributed by atoms with Crippen LogP contribution in [0.25, 0.3) is 66.1 Å². The zero-order valence-electron chi connectivity index (χ0n) is 30.5. The monoisotopic (exact) mass is 689 g/mol. The first-order valence-electron chi connectivity index (χ1n) is 18.8. The average Bonchev–Trinajstić information content (AvgIpc) is 3.47. The van der Waals surface area contributed by atoms with Crippen LogP contribution in [0.2, 0.25) is 0 Å². The Balaban J connectivity index is 1.13. The van der Waals surface area contributed by atoms with Crippen molar-refractivity contribution in [3.8, 4) is 44.5 Å². The number of rotatable bonds is 6. The number of fused-ring (bicyclic) bond motifs is 5. The molecule has 0 aromatic heterocycles. The Morgan fingerprint density at radius 3 is 1.67 bits per heavy atom. The predicted molar refractivity (Wildman–Crippen MR) is 230 cm³/mol. The highest BCUT2D eigenvalue weighted by atomic mass is 15.1. The molecule has 0 atom stereocenters. The molecule has 54 heavy (non-hydrogen) atoms. The van der Waals surface area contributed by atoms with Gasteiger partial charge in [-0.3, -0.25) is 0 Å². The van der Waals surface area contributed by atoms with Gasteiger partial charge in [0.1, 0.15) is 0 Å². The second-order valence-corrected chi connectivity index (χ2v) is 14.9. The first kappa shape index (κ1) is 32.0. The van der Waals surface area contributed by atoms with Crippen LogP contribution < -0.4 is 4.90 Å². The van der Waals surface area contributed by atoms with E-state index in [4.69, 9.17) is 0 Å². The Morgan fingerprint density at radius 1 is 0.333 bits per heavy atom. The predicted octanol–water partition coefficient (Wildman–Crippen LogP) is 14.8. The van der Waals surface area contributed by atoms with E-state index in [0.717, 1.165) is 17.1 Å². The molecule has 1 nitrogen and oxygen atoms in total. The zero-order valence-corrected chi connectivity index (χ0v) is 30.5. The molecule has 0 aliphatic heterocycles. The van der Waals surface area contributed by atoms with E-state index in [1.165, 1.54) is 77.2 Å². The van der Waals surface area contributed by atoms with Gasteiger partial charge in [0.15, 0.2) is 0 Å². The van der Waals surface area contributed by atoms with E-state index in [-0.39, 0.29) is 5.41 Å². The summed E-state index contributed by atoms with van der Waals surface area (Å²) in [5.41, 5.74) is 16.1. The molecule has 0 amide bonds. The molecule has 10 rings (SSSR count). The topological polar surface area (TPSA) is 3.24 Å². The SMILES string of the molecule is CC1(C)c2cc(N(c3ccc(-c4ccc5ccccc5c4-c4ccccc4)cc3)c3ccc4ccccc4c3)ccc2-c2c(-c3ccccc3)cccc21. The molecule has 0 fully saturated rings. The Kier molecular flexibility index (Phi) is 7.56. The van der Waals surface area contributed by atoms with Gasteiger partial charge in [0, 0.05) is 22.5 Å². The number of hydrogen-bond donors (Lipinski definition) is 0. The van der Waals surface area contributed by atoms with E-state index < -0.39 is 0 Å². The molecule has 0 saturated heterocycles. The molecule has 0 saturated carbocycles. The van der Waals surface area contributed by atoms with Crippen LogP contribution in [0.3, 0.4) is 0 Å². The molecule has 0 unspecified atom stereocenters. The van der Waals surface area contributed by atoms with Crippen molar-refractivity contribution in [3.63, 3.8) is 0 Å². The van der Waals surface area contributed by atoms with Gasteiger partial charge in [0.2, 0.25) is 0 Å². The molecule has 0 heterocycles. The maximum atomic E-state index is 2.43. The summed E-state index contributed by atoms with van der Waals surface area (Å²) in [7, 11) is 0. The molecule has 1 aliphatic carbocycles. The molecular formula is C53H39N. The van der Waals surface area contributed by atoms with E-state index in [0.29, 0.717) is 0 Å². The van der Waals surface area contributed by atoms with Crippen LogP contribution in [-0.4, -0.2) is 0 Å². The number of nitrogens with zero attached hydrogens (tertiary/aromatic N) is 1. The molecule has 256 valence electrons. The average molecular weight is 690 g/mol. The molecule has 0 spiro atoms. The van der Waals surface area contributed by atoms with Gasteiger partial charge in [0.25, 0.3) is 0 Å². The summed E-state index contributed by atoms with van der Waals surface area (Å²) in [6.07, 6.45) is 0. The van der Waals surface area contributed by atoms with Crippen LogP contribution in [0.15, 0.2) is 200 Å². The van der Waals surface area contributed by atoms with Gasteiger partial charge in [-0.2, -0.15) is 0 Å². The van der Waals surface area contributed by atoms with Gasteiger partial charge >= 0.3 is 0 Å². The quantitative estimate of drug-likeness (QED) is 0.168. The number of hydrogen-bond acceptors (Lipinski definition) is 1. The minimum Gasteiger partial charge on any atom is -0.310 e. The van der Waals surface area contributed by atoms with Crippen molar-refractivity contribution >= 4 is 38.6 Å².